The molecule has 2 rings (SSSR count). The number of hydrogen-bond acceptors (Lipinski definition) is 2. The lowest BCUT2D eigenvalue weighted by Crippen LogP contribution is -1.91. The average Bonchev–Trinajstić information content (AvgIpc) is 2.40. The van der Waals surface area contributed by atoms with Gasteiger partial charge in [0, 0.05) is 5.33 Å². The standard InChI is InChI=1S/C13H11BrClO4P/c14-8-9-2-1-3-10(6-9)11-4-5-13(12(15)7-11)19-20(16,17)18/h1-7H,8H2,(H2,16,17,18). The summed E-state index contributed by atoms with van der Waals surface area (Å²) in [6.07, 6.45) is 0. The second kappa shape index (κ2) is 6.29. The van der Waals surface area contributed by atoms with Crippen molar-refractivity contribution in [2.45, 2.75) is 5.33 Å². The number of phosphoric acid groups is 1. The van der Waals surface area contributed by atoms with Crippen LogP contribution in [0.4, 0.5) is 0 Å². The van der Waals surface area contributed by atoms with Gasteiger partial charge in [0.1, 0.15) is 5.75 Å². The Morgan fingerprint density at radius 1 is 1.15 bits per heavy atom. The largest absolute Gasteiger partial charge is 0.524 e. The molecular weight excluding hydrogens is 366 g/mol. The van der Waals surface area contributed by atoms with Crippen LogP contribution in [0.2, 0.25) is 5.02 Å². The third kappa shape index (κ3) is 4.08. The third-order valence-electron chi connectivity index (χ3n) is 2.56. The fourth-order valence-corrected chi connectivity index (χ4v) is 2.75. The van der Waals surface area contributed by atoms with Crippen LogP contribution in [0.5, 0.6) is 5.75 Å². The minimum Gasteiger partial charge on any atom is -0.403 e. The average molecular weight is 378 g/mol. The Bertz CT molecular complexity index is 671. The van der Waals surface area contributed by atoms with Crippen LogP contribution in [-0.4, -0.2) is 9.79 Å². The van der Waals surface area contributed by atoms with Crippen molar-refractivity contribution in [1.29, 1.82) is 0 Å². The molecule has 7 heteroatoms. The van der Waals surface area contributed by atoms with E-state index in [1.165, 1.54) is 6.07 Å². The maximum Gasteiger partial charge on any atom is 0.524 e. The Hall–Kier alpha value is -0.840. The summed E-state index contributed by atoms with van der Waals surface area (Å²) in [4.78, 5) is 17.6. The molecule has 4 nitrogen and oxygen atoms in total. The van der Waals surface area contributed by atoms with Gasteiger partial charge in [-0.3, -0.25) is 9.79 Å². The SMILES string of the molecule is O=P(O)(O)Oc1ccc(-c2cccc(CBr)c2)cc1Cl. The topological polar surface area (TPSA) is 66.8 Å². The fraction of sp³-hybridized carbons (Fsp3) is 0.0769. The Balaban J connectivity index is 2.35. The van der Waals surface area contributed by atoms with Gasteiger partial charge in [-0.05, 0) is 28.8 Å². The minimum absolute atomic E-state index is 0.0413. The van der Waals surface area contributed by atoms with Crippen molar-refractivity contribution < 1.29 is 18.9 Å². The third-order valence-corrected chi connectivity index (χ3v) is 3.94. The molecule has 2 aromatic carbocycles. The van der Waals surface area contributed by atoms with Crippen LogP contribution in [0.25, 0.3) is 11.1 Å². The van der Waals surface area contributed by atoms with Crippen molar-refractivity contribution >= 4 is 35.4 Å². The highest BCUT2D eigenvalue weighted by Crippen LogP contribution is 2.41. The second-order valence-electron chi connectivity index (χ2n) is 4.06. The molecule has 0 bridgehead atoms. The van der Waals surface area contributed by atoms with E-state index in [9.17, 15) is 4.57 Å². The summed E-state index contributed by atoms with van der Waals surface area (Å²) >= 11 is 9.37. The van der Waals surface area contributed by atoms with Crippen molar-refractivity contribution in [3.05, 3.63) is 53.1 Å². The van der Waals surface area contributed by atoms with E-state index in [1.54, 1.807) is 12.1 Å². The van der Waals surface area contributed by atoms with Gasteiger partial charge >= 0.3 is 7.82 Å². The van der Waals surface area contributed by atoms with E-state index in [-0.39, 0.29) is 10.8 Å². The molecule has 0 aliphatic rings. The van der Waals surface area contributed by atoms with E-state index in [4.69, 9.17) is 21.4 Å². The summed E-state index contributed by atoms with van der Waals surface area (Å²) in [6, 6.07) is 12.6. The number of phosphoric ester groups is 1. The molecule has 0 fully saturated rings. The van der Waals surface area contributed by atoms with Crippen molar-refractivity contribution in [1.82, 2.24) is 0 Å². The van der Waals surface area contributed by atoms with Gasteiger partial charge in [-0.2, -0.15) is 0 Å². The maximum absolute atomic E-state index is 10.8. The summed E-state index contributed by atoms with van der Waals surface area (Å²) < 4.78 is 15.3. The van der Waals surface area contributed by atoms with Crippen molar-refractivity contribution in [3.63, 3.8) is 0 Å². The van der Waals surface area contributed by atoms with Crippen molar-refractivity contribution in [2.24, 2.45) is 0 Å². The van der Waals surface area contributed by atoms with Crippen LogP contribution in [0.3, 0.4) is 0 Å². The molecule has 0 unspecified atom stereocenters. The zero-order valence-corrected chi connectivity index (χ0v) is 13.4. The second-order valence-corrected chi connectivity index (χ2v) is 6.19. The summed E-state index contributed by atoms with van der Waals surface area (Å²) in [6.45, 7) is 0. The number of alkyl halides is 1. The Kier molecular flexibility index (Phi) is 4.89. The Labute approximate surface area is 129 Å². The van der Waals surface area contributed by atoms with E-state index < -0.39 is 7.82 Å². The first kappa shape index (κ1) is 15.5. The quantitative estimate of drug-likeness (QED) is 0.613. The zero-order valence-electron chi connectivity index (χ0n) is 10.2. The normalized spacial score (nSPS) is 11.4. The molecule has 20 heavy (non-hydrogen) atoms. The van der Waals surface area contributed by atoms with Crippen molar-refractivity contribution in [2.75, 3.05) is 0 Å². The van der Waals surface area contributed by atoms with Crippen LogP contribution >= 0.6 is 35.4 Å². The molecule has 2 N–H and O–H groups in total. The van der Waals surface area contributed by atoms with Gasteiger partial charge in [-0.1, -0.05) is 57.9 Å². The first-order chi connectivity index (χ1) is 9.39. The number of benzene rings is 2. The van der Waals surface area contributed by atoms with Crippen LogP contribution in [0, 0.1) is 0 Å². The molecule has 2 aromatic rings. The zero-order chi connectivity index (χ0) is 14.8. The highest BCUT2D eigenvalue weighted by Gasteiger charge is 2.18. The molecule has 0 heterocycles. The summed E-state index contributed by atoms with van der Waals surface area (Å²) in [5, 5.41) is 0.892. The molecular formula is C13H11BrClO4P. The molecule has 106 valence electrons. The van der Waals surface area contributed by atoms with Gasteiger partial charge < -0.3 is 4.52 Å². The van der Waals surface area contributed by atoms with Gasteiger partial charge in [0.25, 0.3) is 0 Å². The fourth-order valence-electron chi connectivity index (χ4n) is 1.72. The first-order valence-electron chi connectivity index (χ1n) is 5.59. The minimum atomic E-state index is -4.60. The smallest absolute Gasteiger partial charge is 0.403 e. The highest BCUT2D eigenvalue weighted by atomic mass is 79.9. The summed E-state index contributed by atoms with van der Waals surface area (Å²) in [5.74, 6) is -0.0413. The molecule has 0 aliphatic carbocycles. The molecule has 0 aliphatic heterocycles. The van der Waals surface area contributed by atoms with E-state index in [1.807, 2.05) is 24.3 Å². The lowest BCUT2D eigenvalue weighted by Gasteiger charge is -2.10. The molecule has 0 atom stereocenters. The lowest BCUT2D eigenvalue weighted by molar-refractivity contribution is 0.283. The van der Waals surface area contributed by atoms with Gasteiger partial charge in [0.2, 0.25) is 0 Å². The molecule has 0 aromatic heterocycles. The molecule has 0 saturated heterocycles. The van der Waals surface area contributed by atoms with Crippen LogP contribution in [0.15, 0.2) is 42.5 Å². The van der Waals surface area contributed by atoms with E-state index >= 15 is 0 Å². The monoisotopic (exact) mass is 376 g/mol. The Morgan fingerprint density at radius 2 is 1.85 bits per heavy atom. The molecule has 0 spiro atoms. The summed E-state index contributed by atoms with van der Waals surface area (Å²) in [5.41, 5.74) is 2.93. The molecule has 0 radical (unpaired) electrons. The van der Waals surface area contributed by atoms with Crippen LogP contribution in [-0.2, 0) is 9.90 Å². The summed E-state index contributed by atoms with van der Waals surface area (Å²) in [7, 11) is -4.60. The van der Waals surface area contributed by atoms with E-state index in [2.05, 4.69) is 20.5 Å². The van der Waals surface area contributed by atoms with Crippen LogP contribution in [0.1, 0.15) is 5.56 Å². The highest BCUT2D eigenvalue weighted by molar-refractivity contribution is 9.08. The number of halogens is 2. The van der Waals surface area contributed by atoms with Gasteiger partial charge in [0.05, 0.1) is 5.02 Å². The van der Waals surface area contributed by atoms with Gasteiger partial charge in [-0.25, -0.2) is 4.57 Å². The predicted octanol–water partition coefficient (Wildman–Crippen LogP) is 4.37. The predicted molar refractivity (Wildman–Crippen MR) is 82.2 cm³/mol. The Morgan fingerprint density at radius 3 is 2.45 bits per heavy atom. The van der Waals surface area contributed by atoms with E-state index in [0.29, 0.717) is 0 Å². The number of hydrogen-bond donors (Lipinski definition) is 2. The van der Waals surface area contributed by atoms with E-state index in [0.717, 1.165) is 22.0 Å². The number of rotatable bonds is 4. The maximum atomic E-state index is 10.8. The van der Waals surface area contributed by atoms with Gasteiger partial charge in [0.15, 0.2) is 0 Å². The molecule has 0 saturated carbocycles. The molecule has 0 amide bonds. The first-order valence-corrected chi connectivity index (χ1v) is 8.62. The lowest BCUT2D eigenvalue weighted by atomic mass is 10.0. The van der Waals surface area contributed by atoms with Crippen molar-refractivity contribution in [3.8, 4) is 16.9 Å². The van der Waals surface area contributed by atoms with Gasteiger partial charge in [-0.15, -0.1) is 0 Å². The van der Waals surface area contributed by atoms with Crippen LogP contribution < -0.4 is 4.52 Å².